The van der Waals surface area contributed by atoms with Crippen LogP contribution in [0.25, 0.3) is 0 Å². The molecule has 0 N–H and O–H groups in total. The maximum atomic E-state index is 14.1. The van der Waals surface area contributed by atoms with Gasteiger partial charge < -0.3 is 18.9 Å². The SMILES string of the molecule is COC(=O)C1CN(C(=O)c2cc(F)cc(B3OC(C)(C)C(C)(C)O3)c2)C1. The minimum atomic E-state index is -0.749. The molecule has 8 heteroatoms. The maximum Gasteiger partial charge on any atom is 0.494 e. The van der Waals surface area contributed by atoms with Crippen molar-refractivity contribution in [3.63, 3.8) is 0 Å². The summed E-state index contributed by atoms with van der Waals surface area (Å²) in [7, 11) is 0.567. The summed E-state index contributed by atoms with van der Waals surface area (Å²) in [5.74, 6) is -1.53. The summed E-state index contributed by atoms with van der Waals surface area (Å²) in [6.45, 7) is 8.18. The zero-order valence-corrected chi connectivity index (χ0v) is 15.7. The summed E-state index contributed by atoms with van der Waals surface area (Å²) in [5, 5.41) is 0. The summed E-state index contributed by atoms with van der Waals surface area (Å²) < 4.78 is 30.6. The number of rotatable bonds is 3. The lowest BCUT2D eigenvalue weighted by molar-refractivity contribution is -0.149. The summed E-state index contributed by atoms with van der Waals surface area (Å²) >= 11 is 0. The van der Waals surface area contributed by atoms with Crippen molar-refractivity contribution in [2.75, 3.05) is 20.2 Å². The van der Waals surface area contributed by atoms with Gasteiger partial charge in [0.25, 0.3) is 5.91 Å². The van der Waals surface area contributed by atoms with E-state index in [1.54, 1.807) is 6.07 Å². The zero-order chi connectivity index (χ0) is 19.3. The van der Waals surface area contributed by atoms with Gasteiger partial charge in [0.2, 0.25) is 0 Å². The Morgan fingerprint density at radius 3 is 2.27 bits per heavy atom. The average Bonchev–Trinajstić information content (AvgIpc) is 2.73. The first-order chi connectivity index (χ1) is 12.0. The van der Waals surface area contributed by atoms with Gasteiger partial charge >= 0.3 is 13.1 Å². The van der Waals surface area contributed by atoms with Crippen LogP contribution in [0.2, 0.25) is 0 Å². The molecule has 0 saturated carbocycles. The largest absolute Gasteiger partial charge is 0.494 e. The molecule has 3 rings (SSSR count). The number of benzene rings is 1. The lowest BCUT2D eigenvalue weighted by atomic mass is 9.78. The molecule has 0 aromatic heterocycles. The molecule has 0 atom stereocenters. The van der Waals surface area contributed by atoms with Crippen molar-refractivity contribution in [3.05, 3.63) is 29.6 Å². The van der Waals surface area contributed by atoms with Gasteiger partial charge in [0.1, 0.15) is 5.82 Å². The molecule has 0 radical (unpaired) electrons. The number of halogens is 1. The molecule has 0 bridgehead atoms. The van der Waals surface area contributed by atoms with E-state index in [1.165, 1.54) is 24.1 Å². The molecule has 6 nitrogen and oxygen atoms in total. The van der Waals surface area contributed by atoms with Crippen LogP contribution in [-0.4, -0.2) is 55.3 Å². The van der Waals surface area contributed by atoms with Gasteiger partial charge in [0.05, 0.1) is 24.2 Å². The number of nitrogens with zero attached hydrogens (tertiary/aromatic N) is 1. The lowest BCUT2D eigenvalue weighted by Gasteiger charge is -2.37. The fraction of sp³-hybridized carbons (Fsp3) is 0.556. The number of esters is 1. The van der Waals surface area contributed by atoms with Crippen LogP contribution in [0, 0.1) is 11.7 Å². The molecule has 1 aromatic rings. The van der Waals surface area contributed by atoms with Crippen LogP contribution in [0.4, 0.5) is 4.39 Å². The van der Waals surface area contributed by atoms with Crippen molar-refractivity contribution < 1.29 is 28.0 Å². The normalized spacial score (nSPS) is 21.5. The Hall–Kier alpha value is -1.93. The van der Waals surface area contributed by atoms with Crippen LogP contribution in [-0.2, 0) is 18.8 Å². The number of likely N-dealkylation sites (tertiary alicyclic amines) is 1. The molecular formula is C18H23BFNO5. The van der Waals surface area contributed by atoms with E-state index in [1.807, 2.05) is 27.7 Å². The molecular weight excluding hydrogens is 340 g/mol. The number of carbonyl (C=O) groups excluding carboxylic acids is 2. The van der Waals surface area contributed by atoms with Gasteiger partial charge in [0.15, 0.2) is 0 Å². The predicted molar refractivity (Wildman–Crippen MR) is 93.5 cm³/mol. The van der Waals surface area contributed by atoms with Crippen LogP contribution in [0.3, 0.4) is 0 Å². The summed E-state index contributed by atoms with van der Waals surface area (Å²) in [5.41, 5.74) is -0.450. The molecule has 2 fully saturated rings. The van der Waals surface area contributed by atoms with Crippen LogP contribution in [0.1, 0.15) is 38.1 Å². The van der Waals surface area contributed by atoms with Gasteiger partial charge in [-0.15, -0.1) is 0 Å². The number of carbonyl (C=O) groups is 2. The van der Waals surface area contributed by atoms with Gasteiger partial charge in [0, 0.05) is 18.7 Å². The van der Waals surface area contributed by atoms with Crippen LogP contribution in [0.5, 0.6) is 0 Å². The Kier molecular flexibility index (Phi) is 4.61. The molecule has 2 aliphatic rings. The highest BCUT2D eigenvalue weighted by Gasteiger charge is 2.52. The first kappa shape index (κ1) is 18.9. The predicted octanol–water partition coefficient (Wildman–Crippen LogP) is 1.37. The molecule has 2 heterocycles. The van der Waals surface area contributed by atoms with Crippen LogP contribution < -0.4 is 5.46 Å². The van der Waals surface area contributed by atoms with Crippen molar-refractivity contribution in [1.29, 1.82) is 0 Å². The van der Waals surface area contributed by atoms with Gasteiger partial charge in [-0.05, 0) is 51.4 Å². The Labute approximate surface area is 152 Å². The lowest BCUT2D eigenvalue weighted by Crippen LogP contribution is -2.53. The van der Waals surface area contributed by atoms with Crippen molar-refractivity contribution in [3.8, 4) is 0 Å². The maximum absolute atomic E-state index is 14.1. The monoisotopic (exact) mass is 363 g/mol. The van der Waals surface area contributed by atoms with E-state index in [0.29, 0.717) is 5.46 Å². The highest BCUT2D eigenvalue weighted by atomic mass is 19.1. The minimum absolute atomic E-state index is 0.207. The van der Waals surface area contributed by atoms with Crippen molar-refractivity contribution in [1.82, 2.24) is 4.90 Å². The van der Waals surface area contributed by atoms with Crippen LogP contribution in [0.15, 0.2) is 18.2 Å². The van der Waals surface area contributed by atoms with E-state index in [-0.39, 0.29) is 36.4 Å². The highest BCUT2D eigenvalue weighted by Crippen LogP contribution is 2.36. The molecule has 1 aromatic carbocycles. The van der Waals surface area contributed by atoms with Crippen molar-refractivity contribution in [2.45, 2.75) is 38.9 Å². The third-order valence-corrected chi connectivity index (χ3v) is 5.40. The van der Waals surface area contributed by atoms with E-state index in [4.69, 9.17) is 9.31 Å². The first-order valence-electron chi connectivity index (χ1n) is 8.57. The standard InChI is InChI=1S/C18H23BFNO5/c1-17(2)18(3,4)26-19(25-17)13-6-11(7-14(20)8-13)15(22)21-9-12(10-21)16(23)24-5/h6-8,12H,9-10H2,1-5H3. The van der Waals surface area contributed by atoms with Gasteiger partial charge in [-0.3, -0.25) is 9.59 Å². The number of methoxy groups -OCH3 is 1. The quantitative estimate of drug-likeness (QED) is 0.600. The molecule has 1 amide bonds. The molecule has 0 spiro atoms. The third-order valence-electron chi connectivity index (χ3n) is 5.40. The summed E-state index contributed by atoms with van der Waals surface area (Å²) in [4.78, 5) is 25.5. The molecule has 2 aliphatic heterocycles. The second-order valence-corrected chi connectivity index (χ2v) is 7.79. The highest BCUT2D eigenvalue weighted by molar-refractivity contribution is 6.62. The molecule has 0 unspecified atom stereocenters. The van der Waals surface area contributed by atoms with Crippen LogP contribution >= 0.6 is 0 Å². The first-order valence-corrected chi connectivity index (χ1v) is 8.57. The average molecular weight is 363 g/mol. The Balaban J connectivity index is 1.77. The number of hydrogen-bond acceptors (Lipinski definition) is 5. The van der Waals surface area contributed by atoms with E-state index in [2.05, 4.69) is 4.74 Å². The van der Waals surface area contributed by atoms with E-state index < -0.39 is 24.1 Å². The van der Waals surface area contributed by atoms with Crippen molar-refractivity contribution >= 4 is 24.5 Å². The smallest absolute Gasteiger partial charge is 0.469 e. The number of ether oxygens (including phenoxy) is 1. The van der Waals surface area contributed by atoms with Gasteiger partial charge in [-0.25, -0.2) is 4.39 Å². The number of amides is 1. The van der Waals surface area contributed by atoms with Gasteiger partial charge in [-0.2, -0.15) is 0 Å². The zero-order valence-electron chi connectivity index (χ0n) is 15.7. The molecule has 0 aliphatic carbocycles. The fourth-order valence-corrected chi connectivity index (χ4v) is 2.99. The third kappa shape index (κ3) is 3.23. The number of hydrogen-bond donors (Lipinski definition) is 0. The molecule has 140 valence electrons. The Bertz CT molecular complexity index is 729. The summed E-state index contributed by atoms with van der Waals surface area (Å²) in [6, 6.07) is 4.08. The van der Waals surface area contributed by atoms with E-state index >= 15 is 0 Å². The van der Waals surface area contributed by atoms with E-state index in [9.17, 15) is 14.0 Å². The minimum Gasteiger partial charge on any atom is -0.469 e. The van der Waals surface area contributed by atoms with E-state index in [0.717, 1.165) is 0 Å². The second-order valence-electron chi connectivity index (χ2n) is 7.79. The Morgan fingerprint density at radius 1 is 1.15 bits per heavy atom. The Morgan fingerprint density at radius 2 is 1.73 bits per heavy atom. The molecule has 2 saturated heterocycles. The van der Waals surface area contributed by atoms with Crippen molar-refractivity contribution in [2.24, 2.45) is 5.92 Å². The fourth-order valence-electron chi connectivity index (χ4n) is 2.99. The second kappa shape index (κ2) is 6.35. The summed E-state index contributed by atoms with van der Waals surface area (Å²) in [6.07, 6.45) is 0. The molecule has 26 heavy (non-hydrogen) atoms. The van der Waals surface area contributed by atoms with Gasteiger partial charge in [-0.1, -0.05) is 0 Å². The topological polar surface area (TPSA) is 65.1 Å².